The normalized spacial score (nSPS) is 23.7. The summed E-state index contributed by atoms with van der Waals surface area (Å²) in [5.41, 5.74) is 0.962. The van der Waals surface area contributed by atoms with E-state index in [4.69, 9.17) is 4.74 Å². The van der Waals surface area contributed by atoms with Gasteiger partial charge in [-0.05, 0) is 24.1 Å². The summed E-state index contributed by atoms with van der Waals surface area (Å²) in [4.78, 5) is 10.1. The van der Waals surface area contributed by atoms with Gasteiger partial charge in [-0.25, -0.2) is 0 Å². The third-order valence-corrected chi connectivity index (χ3v) is 3.19. The van der Waals surface area contributed by atoms with Crippen molar-refractivity contribution in [3.63, 3.8) is 0 Å². The number of benzene rings is 1. The summed E-state index contributed by atoms with van der Waals surface area (Å²) in [5.74, 6) is 0. The monoisotopic (exact) mass is 251 g/mol. The van der Waals surface area contributed by atoms with Crippen LogP contribution >= 0.6 is 0 Å². The highest BCUT2D eigenvalue weighted by Crippen LogP contribution is 2.42. The number of aliphatic hydroxyl groups excluding tert-OH is 1. The Balaban J connectivity index is 1.92. The molecule has 1 N–H and O–H groups in total. The number of ether oxygens (including phenoxy) is 1. The molecule has 1 aromatic rings. The van der Waals surface area contributed by atoms with Crippen LogP contribution in [0.2, 0.25) is 0 Å². The minimum absolute atomic E-state index is 0.0717. The fraction of sp³-hybridized carbons (Fsp3) is 0.538. The van der Waals surface area contributed by atoms with E-state index in [2.05, 4.69) is 6.92 Å². The van der Waals surface area contributed by atoms with Crippen molar-refractivity contribution in [3.05, 3.63) is 39.9 Å². The summed E-state index contributed by atoms with van der Waals surface area (Å²) in [6, 6.07) is 6.31. The summed E-state index contributed by atoms with van der Waals surface area (Å²) in [7, 11) is 0. The van der Waals surface area contributed by atoms with Gasteiger partial charge in [0, 0.05) is 12.1 Å². The van der Waals surface area contributed by atoms with Gasteiger partial charge in [0.05, 0.1) is 11.0 Å². The highest BCUT2D eigenvalue weighted by atomic mass is 16.6. The number of nitrogens with zero attached hydrogens (tertiary/aromatic N) is 1. The lowest BCUT2D eigenvalue weighted by atomic mass is 10.0. The van der Waals surface area contributed by atoms with Gasteiger partial charge in [-0.2, -0.15) is 0 Å². The number of nitro benzene ring substituents is 1. The first-order valence-corrected chi connectivity index (χ1v) is 6.21. The molecule has 0 aliphatic carbocycles. The molecule has 2 rings (SSSR count). The molecule has 1 aliphatic heterocycles. The summed E-state index contributed by atoms with van der Waals surface area (Å²) in [5, 5.41) is 20.4. The predicted octanol–water partition coefficient (Wildman–Crippen LogP) is 2.59. The molecule has 1 heterocycles. The molecule has 1 fully saturated rings. The van der Waals surface area contributed by atoms with Crippen LogP contribution < -0.4 is 0 Å². The Morgan fingerprint density at radius 2 is 2.11 bits per heavy atom. The zero-order valence-corrected chi connectivity index (χ0v) is 10.3. The summed E-state index contributed by atoms with van der Waals surface area (Å²) in [6.07, 6.45) is 2.06. The Bertz CT molecular complexity index is 418. The number of hydrogen-bond acceptors (Lipinski definition) is 4. The summed E-state index contributed by atoms with van der Waals surface area (Å²) < 4.78 is 5.44. The number of epoxide rings is 1. The summed E-state index contributed by atoms with van der Waals surface area (Å²) in [6.45, 7) is 2.08. The Morgan fingerprint density at radius 1 is 1.44 bits per heavy atom. The van der Waals surface area contributed by atoms with Crippen LogP contribution in [0.5, 0.6) is 0 Å². The van der Waals surface area contributed by atoms with Crippen molar-refractivity contribution in [2.45, 2.75) is 44.5 Å². The van der Waals surface area contributed by atoms with Crippen LogP contribution in [0.4, 0.5) is 5.69 Å². The van der Waals surface area contributed by atoms with E-state index in [1.54, 1.807) is 12.1 Å². The first-order valence-electron chi connectivity index (χ1n) is 6.21. The Morgan fingerprint density at radius 3 is 2.67 bits per heavy atom. The van der Waals surface area contributed by atoms with Crippen LogP contribution in [0.1, 0.15) is 37.9 Å². The molecule has 5 heteroatoms. The minimum atomic E-state index is -0.440. The van der Waals surface area contributed by atoms with Gasteiger partial charge in [-0.15, -0.1) is 0 Å². The highest BCUT2D eigenvalue weighted by Gasteiger charge is 2.44. The van der Waals surface area contributed by atoms with Gasteiger partial charge < -0.3 is 9.84 Å². The van der Waals surface area contributed by atoms with E-state index >= 15 is 0 Å². The molecule has 0 bridgehead atoms. The third-order valence-electron chi connectivity index (χ3n) is 3.19. The average Bonchev–Trinajstić information content (AvgIpc) is 3.16. The number of nitro groups is 1. The molecule has 0 spiro atoms. The van der Waals surface area contributed by atoms with E-state index in [-0.39, 0.29) is 17.9 Å². The van der Waals surface area contributed by atoms with Crippen molar-refractivity contribution < 1.29 is 14.8 Å². The molecule has 18 heavy (non-hydrogen) atoms. The van der Waals surface area contributed by atoms with E-state index < -0.39 is 11.0 Å². The minimum Gasteiger partial charge on any atom is -0.390 e. The van der Waals surface area contributed by atoms with E-state index in [9.17, 15) is 15.2 Å². The molecule has 0 saturated carbocycles. The second-order valence-electron chi connectivity index (χ2n) is 4.58. The molecule has 0 radical (unpaired) electrons. The average molecular weight is 251 g/mol. The van der Waals surface area contributed by atoms with Gasteiger partial charge in [0.1, 0.15) is 12.2 Å². The molecule has 1 aliphatic rings. The quantitative estimate of drug-likeness (QED) is 0.479. The van der Waals surface area contributed by atoms with Crippen LogP contribution in [0.25, 0.3) is 0 Å². The molecular formula is C13H17NO4. The van der Waals surface area contributed by atoms with Crippen molar-refractivity contribution in [2.75, 3.05) is 0 Å². The Labute approximate surface area is 106 Å². The fourth-order valence-corrected chi connectivity index (χ4v) is 2.05. The lowest BCUT2D eigenvalue weighted by molar-refractivity contribution is -0.384. The molecule has 0 amide bonds. The summed E-state index contributed by atoms with van der Waals surface area (Å²) >= 11 is 0. The molecule has 5 nitrogen and oxygen atoms in total. The molecule has 98 valence electrons. The number of hydrogen-bond donors (Lipinski definition) is 1. The van der Waals surface area contributed by atoms with Crippen molar-refractivity contribution in [1.82, 2.24) is 0 Å². The van der Waals surface area contributed by atoms with Gasteiger partial charge in [-0.1, -0.05) is 19.8 Å². The number of unbranched alkanes of at least 4 members (excludes halogenated alkanes) is 1. The largest absolute Gasteiger partial charge is 0.390 e. The maximum Gasteiger partial charge on any atom is 0.269 e. The first-order chi connectivity index (χ1) is 8.63. The van der Waals surface area contributed by atoms with Crippen LogP contribution in [-0.4, -0.2) is 22.2 Å². The van der Waals surface area contributed by atoms with Gasteiger partial charge in [0.2, 0.25) is 0 Å². The molecular weight excluding hydrogens is 234 g/mol. The molecule has 1 aromatic carbocycles. The predicted molar refractivity (Wildman–Crippen MR) is 66.2 cm³/mol. The van der Waals surface area contributed by atoms with Gasteiger partial charge in [0.15, 0.2) is 0 Å². The fourth-order valence-electron chi connectivity index (χ4n) is 2.05. The van der Waals surface area contributed by atoms with E-state index in [1.165, 1.54) is 12.1 Å². The van der Waals surface area contributed by atoms with Crippen molar-refractivity contribution in [3.8, 4) is 0 Å². The Hall–Kier alpha value is -1.46. The van der Waals surface area contributed by atoms with Gasteiger partial charge in [0.25, 0.3) is 5.69 Å². The van der Waals surface area contributed by atoms with Crippen molar-refractivity contribution in [2.24, 2.45) is 0 Å². The second-order valence-corrected chi connectivity index (χ2v) is 4.58. The van der Waals surface area contributed by atoms with Crippen LogP contribution in [0.3, 0.4) is 0 Å². The van der Waals surface area contributed by atoms with Crippen LogP contribution in [0, 0.1) is 10.1 Å². The Kier molecular flexibility index (Phi) is 3.93. The van der Waals surface area contributed by atoms with E-state index in [1.807, 2.05) is 0 Å². The number of rotatable bonds is 6. The van der Waals surface area contributed by atoms with Crippen LogP contribution in [0.15, 0.2) is 24.3 Å². The van der Waals surface area contributed by atoms with Crippen LogP contribution in [-0.2, 0) is 4.74 Å². The first kappa shape index (κ1) is 13.0. The number of aliphatic hydroxyl groups is 1. The maximum absolute atomic E-state index is 10.5. The highest BCUT2D eigenvalue weighted by molar-refractivity contribution is 5.35. The van der Waals surface area contributed by atoms with E-state index in [0.717, 1.165) is 24.8 Å². The van der Waals surface area contributed by atoms with E-state index in [0.29, 0.717) is 0 Å². The van der Waals surface area contributed by atoms with Gasteiger partial charge >= 0.3 is 0 Å². The molecule has 1 saturated heterocycles. The zero-order valence-electron chi connectivity index (χ0n) is 10.3. The molecule has 3 atom stereocenters. The van der Waals surface area contributed by atoms with Crippen molar-refractivity contribution in [1.29, 1.82) is 0 Å². The zero-order chi connectivity index (χ0) is 13.1. The van der Waals surface area contributed by atoms with Crippen molar-refractivity contribution >= 4 is 5.69 Å². The standard InChI is InChI=1S/C13H17NO4/c1-2-3-4-11(15)13-12(18-13)9-5-7-10(8-6-9)14(16)17/h5-8,11-13,15H,2-4H2,1H3/t11?,12-,13+/m1/s1. The molecule has 0 aromatic heterocycles. The lowest BCUT2D eigenvalue weighted by Crippen LogP contribution is -2.14. The second kappa shape index (κ2) is 5.46. The third kappa shape index (κ3) is 2.86. The van der Waals surface area contributed by atoms with Gasteiger partial charge in [-0.3, -0.25) is 10.1 Å². The molecule has 1 unspecified atom stereocenters. The lowest BCUT2D eigenvalue weighted by Gasteiger charge is -2.05. The maximum atomic E-state index is 10.5. The number of non-ortho nitro benzene ring substituents is 1. The topological polar surface area (TPSA) is 75.9 Å². The SMILES string of the molecule is CCCCC(O)[C@@H]1O[C@@H]1c1ccc([N+](=O)[O-])cc1. The smallest absolute Gasteiger partial charge is 0.269 e.